The summed E-state index contributed by atoms with van der Waals surface area (Å²) < 4.78 is 0. The second kappa shape index (κ2) is 4.45. The van der Waals surface area contributed by atoms with Gasteiger partial charge in [-0.1, -0.05) is 24.3 Å². The van der Waals surface area contributed by atoms with Crippen LogP contribution in [0.3, 0.4) is 0 Å². The van der Waals surface area contributed by atoms with Gasteiger partial charge in [-0.2, -0.15) is 0 Å². The maximum atomic E-state index is 2.44. The molecule has 0 fully saturated rings. The molecule has 0 nitrogen and oxygen atoms in total. The van der Waals surface area contributed by atoms with Crippen LogP contribution in [0.15, 0.2) is 35.5 Å². The van der Waals surface area contributed by atoms with Gasteiger partial charge in [0.1, 0.15) is 0 Å². The Hall–Kier alpha value is -0.780. The molecule has 0 spiro atoms. The summed E-state index contributed by atoms with van der Waals surface area (Å²) in [4.78, 5) is 0. The highest BCUT2D eigenvalue weighted by Gasteiger charge is 2.09. The third-order valence-electron chi connectivity index (χ3n) is 2.94. The van der Waals surface area contributed by atoms with E-state index in [1.807, 2.05) is 0 Å². The lowest BCUT2D eigenvalue weighted by Crippen LogP contribution is -1.89. The molecule has 0 aromatic carbocycles. The molecule has 13 heavy (non-hydrogen) atoms. The molecule has 0 heteroatoms. The summed E-state index contributed by atoms with van der Waals surface area (Å²) in [6, 6.07) is 0. The minimum absolute atomic E-state index is 1.15. The summed E-state index contributed by atoms with van der Waals surface area (Å²) in [5.74, 6) is 0. The summed E-state index contributed by atoms with van der Waals surface area (Å²) in [5, 5.41) is 0. The highest BCUT2D eigenvalue weighted by molar-refractivity contribution is 5.33. The van der Waals surface area contributed by atoms with Crippen molar-refractivity contribution in [3.63, 3.8) is 0 Å². The molecule has 0 atom stereocenters. The minimum Gasteiger partial charge on any atom is -0.0882 e. The molecule has 70 valence electrons. The zero-order valence-electron chi connectivity index (χ0n) is 8.26. The van der Waals surface area contributed by atoms with E-state index < -0.39 is 0 Å². The van der Waals surface area contributed by atoms with E-state index in [4.69, 9.17) is 0 Å². The van der Waals surface area contributed by atoms with Gasteiger partial charge in [0.05, 0.1) is 0 Å². The van der Waals surface area contributed by atoms with E-state index in [-0.39, 0.29) is 0 Å². The summed E-state index contributed by atoms with van der Waals surface area (Å²) >= 11 is 0. The molecule has 0 aromatic heterocycles. The molecule has 0 saturated heterocycles. The van der Waals surface area contributed by atoms with Gasteiger partial charge in [0.25, 0.3) is 0 Å². The topological polar surface area (TPSA) is 0 Å². The van der Waals surface area contributed by atoms with Gasteiger partial charge in [-0.15, -0.1) is 0 Å². The Labute approximate surface area is 81.0 Å². The van der Waals surface area contributed by atoms with Crippen molar-refractivity contribution in [3.8, 4) is 0 Å². The minimum atomic E-state index is 1.15. The van der Waals surface area contributed by atoms with Crippen molar-refractivity contribution in [3.05, 3.63) is 35.5 Å². The Kier molecular flexibility index (Phi) is 3.02. The van der Waals surface area contributed by atoms with Crippen LogP contribution in [-0.2, 0) is 0 Å². The molecule has 0 radical (unpaired) electrons. The molecule has 0 aromatic rings. The zero-order valence-corrected chi connectivity index (χ0v) is 8.26. The Balaban J connectivity index is 2.06. The monoisotopic (exact) mass is 174 g/mol. The van der Waals surface area contributed by atoms with Crippen LogP contribution >= 0.6 is 0 Å². The van der Waals surface area contributed by atoms with Gasteiger partial charge in [-0.3, -0.25) is 0 Å². The van der Waals surface area contributed by atoms with E-state index in [2.05, 4.69) is 24.3 Å². The zero-order chi connectivity index (χ0) is 8.93. The SMILES string of the molecule is C1=CCCCC(C2=CCCC2)=CC1. The van der Waals surface area contributed by atoms with Crippen molar-refractivity contribution in [2.45, 2.75) is 44.9 Å². The fourth-order valence-corrected chi connectivity index (χ4v) is 2.19. The molecule has 0 amide bonds. The number of allylic oxidation sites excluding steroid dienone is 6. The van der Waals surface area contributed by atoms with Gasteiger partial charge in [0.15, 0.2) is 0 Å². The van der Waals surface area contributed by atoms with Crippen LogP contribution in [0.4, 0.5) is 0 Å². The van der Waals surface area contributed by atoms with E-state index >= 15 is 0 Å². The fraction of sp³-hybridized carbons (Fsp3) is 0.538. The molecule has 2 aliphatic carbocycles. The summed E-state index contributed by atoms with van der Waals surface area (Å²) in [6.45, 7) is 0. The summed E-state index contributed by atoms with van der Waals surface area (Å²) in [6.07, 6.45) is 18.5. The van der Waals surface area contributed by atoms with Crippen LogP contribution in [0.25, 0.3) is 0 Å². The number of rotatable bonds is 1. The Morgan fingerprint density at radius 1 is 0.769 bits per heavy atom. The van der Waals surface area contributed by atoms with Crippen molar-refractivity contribution in [1.82, 2.24) is 0 Å². The maximum Gasteiger partial charge on any atom is -0.0163 e. The molecule has 0 N–H and O–H groups in total. The van der Waals surface area contributed by atoms with Crippen molar-refractivity contribution >= 4 is 0 Å². The first-order chi connectivity index (χ1) is 6.47. The Morgan fingerprint density at radius 2 is 1.54 bits per heavy atom. The molecule has 2 rings (SSSR count). The molecule has 0 heterocycles. The van der Waals surface area contributed by atoms with E-state index in [0.717, 1.165) is 6.42 Å². The van der Waals surface area contributed by atoms with Crippen molar-refractivity contribution in [2.75, 3.05) is 0 Å². The second-order valence-corrected chi connectivity index (χ2v) is 3.95. The lowest BCUT2D eigenvalue weighted by atomic mass is 9.97. The van der Waals surface area contributed by atoms with Crippen molar-refractivity contribution < 1.29 is 0 Å². The van der Waals surface area contributed by atoms with E-state index in [9.17, 15) is 0 Å². The standard InChI is InChI=1S/C13H18/c1-2-4-8-12(9-5-3-1)13-10-6-7-11-13/h1-2,8,10H,3-7,9,11H2. The molecule has 2 aliphatic rings. The Morgan fingerprint density at radius 3 is 2.38 bits per heavy atom. The number of hydrogen-bond donors (Lipinski definition) is 0. The van der Waals surface area contributed by atoms with E-state index in [1.54, 1.807) is 11.1 Å². The normalized spacial score (nSPS) is 23.4. The van der Waals surface area contributed by atoms with Gasteiger partial charge in [0, 0.05) is 0 Å². The van der Waals surface area contributed by atoms with Crippen LogP contribution in [0.1, 0.15) is 44.9 Å². The largest absolute Gasteiger partial charge is 0.0882 e. The lowest BCUT2D eigenvalue weighted by Gasteiger charge is -2.09. The molecule has 0 saturated carbocycles. The van der Waals surface area contributed by atoms with Crippen LogP contribution < -0.4 is 0 Å². The fourth-order valence-electron chi connectivity index (χ4n) is 2.19. The van der Waals surface area contributed by atoms with Crippen molar-refractivity contribution in [2.24, 2.45) is 0 Å². The predicted octanol–water partition coefficient (Wildman–Crippen LogP) is 4.15. The lowest BCUT2D eigenvalue weighted by molar-refractivity contribution is 0.810. The van der Waals surface area contributed by atoms with Crippen molar-refractivity contribution in [1.29, 1.82) is 0 Å². The average molecular weight is 174 g/mol. The smallest absolute Gasteiger partial charge is 0.0163 e. The van der Waals surface area contributed by atoms with E-state index in [0.29, 0.717) is 0 Å². The van der Waals surface area contributed by atoms with Gasteiger partial charge in [-0.05, 0) is 56.1 Å². The first-order valence-corrected chi connectivity index (χ1v) is 5.50. The third-order valence-corrected chi connectivity index (χ3v) is 2.94. The quantitative estimate of drug-likeness (QED) is 0.524. The molecule has 0 bridgehead atoms. The third kappa shape index (κ3) is 2.33. The van der Waals surface area contributed by atoms with Gasteiger partial charge in [0.2, 0.25) is 0 Å². The Bertz CT molecular complexity index is 253. The molecule has 0 aliphatic heterocycles. The predicted molar refractivity (Wildman–Crippen MR) is 57.6 cm³/mol. The second-order valence-electron chi connectivity index (χ2n) is 3.95. The average Bonchev–Trinajstić information content (AvgIpc) is 2.55. The molecule has 0 unspecified atom stereocenters. The van der Waals surface area contributed by atoms with Crippen LogP contribution in [0.5, 0.6) is 0 Å². The van der Waals surface area contributed by atoms with Gasteiger partial charge >= 0.3 is 0 Å². The molecular weight excluding hydrogens is 156 g/mol. The highest BCUT2D eigenvalue weighted by atomic mass is 14.1. The number of hydrogen-bond acceptors (Lipinski definition) is 0. The van der Waals surface area contributed by atoms with E-state index in [1.165, 1.54) is 38.5 Å². The highest BCUT2D eigenvalue weighted by Crippen LogP contribution is 2.29. The first kappa shape index (κ1) is 8.80. The molecular formula is C13H18. The van der Waals surface area contributed by atoms with Crippen LogP contribution in [0.2, 0.25) is 0 Å². The van der Waals surface area contributed by atoms with Gasteiger partial charge in [-0.25, -0.2) is 0 Å². The maximum absolute atomic E-state index is 2.44. The van der Waals surface area contributed by atoms with Crippen LogP contribution in [0, 0.1) is 0 Å². The first-order valence-electron chi connectivity index (χ1n) is 5.50. The van der Waals surface area contributed by atoms with Crippen LogP contribution in [-0.4, -0.2) is 0 Å². The summed E-state index contributed by atoms with van der Waals surface area (Å²) in [7, 11) is 0. The summed E-state index contributed by atoms with van der Waals surface area (Å²) in [5.41, 5.74) is 3.29. The van der Waals surface area contributed by atoms with Gasteiger partial charge < -0.3 is 0 Å².